The zero-order chi connectivity index (χ0) is 13.1. The minimum absolute atomic E-state index is 0.0401. The molecule has 1 unspecified atom stereocenters. The summed E-state index contributed by atoms with van der Waals surface area (Å²) in [6, 6.07) is 4.94. The number of rotatable bonds is 4. The van der Waals surface area contributed by atoms with Crippen LogP contribution in [0.5, 0.6) is 0 Å². The normalized spacial score (nSPS) is 12.7. The summed E-state index contributed by atoms with van der Waals surface area (Å²) in [5, 5.41) is 6.41. The summed E-state index contributed by atoms with van der Waals surface area (Å²) in [5.74, 6) is -0.385. The lowest BCUT2D eigenvalue weighted by Gasteiger charge is -2.15. The van der Waals surface area contributed by atoms with Gasteiger partial charge in [-0.1, -0.05) is 17.7 Å². The first kappa shape index (κ1) is 13.5. The SMILES string of the molecule is CNC(Cc1csc(C)n1)c1ccc(Cl)c(F)c1. The van der Waals surface area contributed by atoms with Gasteiger partial charge in [0.05, 0.1) is 15.7 Å². The van der Waals surface area contributed by atoms with E-state index in [0.717, 1.165) is 22.7 Å². The fourth-order valence-corrected chi connectivity index (χ4v) is 2.57. The summed E-state index contributed by atoms with van der Waals surface area (Å²) in [5.41, 5.74) is 1.90. The van der Waals surface area contributed by atoms with E-state index in [4.69, 9.17) is 11.6 Å². The Balaban J connectivity index is 2.19. The second-order valence-corrected chi connectivity index (χ2v) is 5.55. The first-order valence-electron chi connectivity index (χ1n) is 5.63. The number of hydrogen-bond acceptors (Lipinski definition) is 3. The molecule has 5 heteroatoms. The molecule has 1 N–H and O–H groups in total. The maximum absolute atomic E-state index is 13.4. The molecule has 0 bridgehead atoms. The highest BCUT2D eigenvalue weighted by Crippen LogP contribution is 2.23. The van der Waals surface area contributed by atoms with Crippen LogP contribution < -0.4 is 5.32 Å². The van der Waals surface area contributed by atoms with E-state index >= 15 is 0 Å². The highest BCUT2D eigenvalue weighted by atomic mass is 35.5. The molecule has 0 saturated heterocycles. The lowest BCUT2D eigenvalue weighted by molar-refractivity contribution is 0.572. The molecule has 96 valence electrons. The van der Waals surface area contributed by atoms with Crippen molar-refractivity contribution in [2.45, 2.75) is 19.4 Å². The van der Waals surface area contributed by atoms with Gasteiger partial charge in [0.1, 0.15) is 5.82 Å². The average Bonchev–Trinajstić information content (AvgIpc) is 2.75. The van der Waals surface area contributed by atoms with E-state index < -0.39 is 0 Å². The first-order chi connectivity index (χ1) is 8.60. The number of aryl methyl sites for hydroxylation is 1. The zero-order valence-electron chi connectivity index (χ0n) is 10.2. The van der Waals surface area contributed by atoms with Gasteiger partial charge in [-0.25, -0.2) is 9.37 Å². The molecule has 1 heterocycles. The van der Waals surface area contributed by atoms with Gasteiger partial charge in [0.15, 0.2) is 0 Å². The van der Waals surface area contributed by atoms with Gasteiger partial charge in [0.2, 0.25) is 0 Å². The molecule has 0 fully saturated rings. The molecule has 1 atom stereocenters. The number of halogens is 2. The second kappa shape index (κ2) is 5.78. The van der Waals surface area contributed by atoms with E-state index in [1.165, 1.54) is 6.07 Å². The number of benzene rings is 1. The van der Waals surface area contributed by atoms with Crippen LogP contribution in [0.25, 0.3) is 0 Å². The third-order valence-corrected chi connectivity index (χ3v) is 3.90. The van der Waals surface area contributed by atoms with Crippen molar-refractivity contribution >= 4 is 22.9 Å². The summed E-state index contributed by atoms with van der Waals surface area (Å²) < 4.78 is 13.4. The van der Waals surface area contributed by atoms with E-state index in [9.17, 15) is 4.39 Å². The molecule has 0 spiro atoms. The molecule has 1 aromatic carbocycles. The second-order valence-electron chi connectivity index (χ2n) is 4.08. The number of likely N-dealkylation sites (N-methyl/N-ethyl adjacent to an activating group) is 1. The summed E-state index contributed by atoms with van der Waals surface area (Å²) in [6.07, 6.45) is 0.738. The smallest absolute Gasteiger partial charge is 0.142 e. The summed E-state index contributed by atoms with van der Waals surface area (Å²) in [4.78, 5) is 4.42. The van der Waals surface area contributed by atoms with Crippen molar-refractivity contribution in [1.82, 2.24) is 10.3 Å². The standard InChI is InChI=1S/C13H14ClFN2S/c1-8-17-10(7-18-8)6-13(16-2)9-3-4-11(14)12(15)5-9/h3-5,7,13,16H,6H2,1-2H3. The largest absolute Gasteiger partial charge is 0.313 e. The van der Waals surface area contributed by atoms with Crippen LogP contribution in [0.3, 0.4) is 0 Å². The van der Waals surface area contributed by atoms with Crippen molar-refractivity contribution < 1.29 is 4.39 Å². The van der Waals surface area contributed by atoms with Gasteiger partial charge in [0.25, 0.3) is 0 Å². The minimum atomic E-state index is -0.385. The minimum Gasteiger partial charge on any atom is -0.313 e. The fourth-order valence-electron chi connectivity index (χ4n) is 1.83. The molecule has 0 aliphatic heterocycles. The number of nitrogens with zero attached hydrogens (tertiary/aromatic N) is 1. The quantitative estimate of drug-likeness (QED) is 0.925. The van der Waals surface area contributed by atoms with E-state index in [-0.39, 0.29) is 16.9 Å². The van der Waals surface area contributed by atoms with Crippen LogP contribution >= 0.6 is 22.9 Å². The predicted molar refractivity (Wildman–Crippen MR) is 73.8 cm³/mol. The van der Waals surface area contributed by atoms with Crippen LogP contribution in [0.4, 0.5) is 4.39 Å². The van der Waals surface area contributed by atoms with E-state index in [1.54, 1.807) is 17.4 Å². The molecule has 0 radical (unpaired) electrons. The van der Waals surface area contributed by atoms with Crippen LogP contribution in [0.1, 0.15) is 22.3 Å². The highest BCUT2D eigenvalue weighted by molar-refractivity contribution is 7.09. The van der Waals surface area contributed by atoms with Gasteiger partial charge in [-0.2, -0.15) is 0 Å². The van der Waals surface area contributed by atoms with E-state index in [2.05, 4.69) is 10.3 Å². The number of thiazole rings is 1. The maximum Gasteiger partial charge on any atom is 0.142 e. The van der Waals surface area contributed by atoms with Crippen LogP contribution in [0, 0.1) is 12.7 Å². The van der Waals surface area contributed by atoms with Crippen molar-refractivity contribution in [1.29, 1.82) is 0 Å². The molecule has 1 aromatic heterocycles. The van der Waals surface area contributed by atoms with E-state index in [1.807, 2.05) is 25.4 Å². The van der Waals surface area contributed by atoms with Gasteiger partial charge in [0, 0.05) is 17.8 Å². The molecular weight excluding hydrogens is 271 g/mol. The van der Waals surface area contributed by atoms with Crippen LogP contribution in [-0.2, 0) is 6.42 Å². The van der Waals surface area contributed by atoms with Gasteiger partial charge in [-0.3, -0.25) is 0 Å². The number of hydrogen-bond donors (Lipinski definition) is 1. The maximum atomic E-state index is 13.4. The monoisotopic (exact) mass is 284 g/mol. The summed E-state index contributed by atoms with van der Waals surface area (Å²) in [7, 11) is 1.86. The Labute approximate surface area is 115 Å². The molecule has 2 rings (SSSR count). The van der Waals surface area contributed by atoms with Crippen molar-refractivity contribution in [3.63, 3.8) is 0 Å². The third-order valence-electron chi connectivity index (χ3n) is 2.77. The number of aromatic nitrogens is 1. The molecule has 0 saturated carbocycles. The zero-order valence-corrected chi connectivity index (χ0v) is 11.8. The number of nitrogens with one attached hydrogen (secondary N) is 1. The molecule has 18 heavy (non-hydrogen) atoms. The lowest BCUT2D eigenvalue weighted by atomic mass is 10.0. The molecule has 0 amide bonds. The van der Waals surface area contributed by atoms with Gasteiger partial charge < -0.3 is 5.32 Å². The fraction of sp³-hybridized carbons (Fsp3) is 0.308. The molecule has 0 aliphatic rings. The Kier molecular flexibility index (Phi) is 4.32. The Bertz CT molecular complexity index is 542. The Morgan fingerprint density at radius 2 is 2.28 bits per heavy atom. The predicted octanol–water partition coefficient (Wildman–Crippen LogP) is 3.75. The van der Waals surface area contributed by atoms with Crippen LogP contribution in [-0.4, -0.2) is 12.0 Å². The van der Waals surface area contributed by atoms with Gasteiger partial charge in [-0.05, 0) is 31.7 Å². The first-order valence-corrected chi connectivity index (χ1v) is 6.89. The Morgan fingerprint density at radius 3 is 2.83 bits per heavy atom. The highest BCUT2D eigenvalue weighted by Gasteiger charge is 2.13. The van der Waals surface area contributed by atoms with E-state index in [0.29, 0.717) is 0 Å². The van der Waals surface area contributed by atoms with Crippen molar-refractivity contribution in [3.8, 4) is 0 Å². The van der Waals surface area contributed by atoms with Gasteiger partial charge >= 0.3 is 0 Å². The third kappa shape index (κ3) is 3.07. The molecular formula is C13H14ClFN2S. The molecule has 0 aliphatic carbocycles. The summed E-state index contributed by atoms with van der Waals surface area (Å²) >= 11 is 7.31. The van der Waals surface area contributed by atoms with Crippen molar-refractivity contribution in [2.75, 3.05) is 7.05 Å². The van der Waals surface area contributed by atoms with Crippen molar-refractivity contribution in [3.05, 3.63) is 50.7 Å². The molecule has 2 aromatic rings. The average molecular weight is 285 g/mol. The summed E-state index contributed by atoms with van der Waals surface area (Å²) in [6.45, 7) is 1.98. The lowest BCUT2D eigenvalue weighted by Crippen LogP contribution is -2.19. The Hall–Kier alpha value is -0.970. The van der Waals surface area contributed by atoms with Crippen LogP contribution in [0.15, 0.2) is 23.6 Å². The van der Waals surface area contributed by atoms with Gasteiger partial charge in [-0.15, -0.1) is 11.3 Å². The molecule has 2 nitrogen and oxygen atoms in total. The van der Waals surface area contributed by atoms with Crippen molar-refractivity contribution in [2.24, 2.45) is 0 Å². The van der Waals surface area contributed by atoms with Crippen LogP contribution in [0.2, 0.25) is 5.02 Å². The topological polar surface area (TPSA) is 24.9 Å². The Morgan fingerprint density at radius 1 is 1.50 bits per heavy atom.